The highest BCUT2D eigenvalue weighted by Gasteiger charge is 2.12. The number of hydrogen-bond acceptors (Lipinski definition) is 2. The van der Waals surface area contributed by atoms with Crippen LogP contribution in [0.5, 0.6) is 0 Å². The average Bonchev–Trinajstić information content (AvgIpc) is 2.14. The molecule has 1 fully saturated rings. The first-order chi connectivity index (χ1) is 5.93. The summed E-state index contributed by atoms with van der Waals surface area (Å²) in [6, 6.07) is 0. The molecule has 1 aliphatic heterocycles. The summed E-state index contributed by atoms with van der Waals surface area (Å²) in [6.07, 6.45) is 8.99. The van der Waals surface area contributed by atoms with Crippen LogP contribution in [0.2, 0.25) is 0 Å². The zero-order valence-corrected chi connectivity index (χ0v) is 7.37. The van der Waals surface area contributed by atoms with Gasteiger partial charge in [0.2, 0.25) is 0 Å². The highest BCUT2D eigenvalue weighted by atomic mass is 16.7. The molecule has 1 rings (SSSR count). The van der Waals surface area contributed by atoms with E-state index >= 15 is 0 Å². The van der Waals surface area contributed by atoms with E-state index in [-0.39, 0.29) is 6.29 Å². The molecule has 0 radical (unpaired) electrons. The van der Waals surface area contributed by atoms with Crippen LogP contribution in [0.3, 0.4) is 0 Å². The van der Waals surface area contributed by atoms with Gasteiger partial charge in [-0.3, -0.25) is 0 Å². The number of hydrogen-bond donors (Lipinski definition) is 0. The van der Waals surface area contributed by atoms with Crippen molar-refractivity contribution in [1.82, 2.24) is 0 Å². The summed E-state index contributed by atoms with van der Waals surface area (Å²) in [6.45, 7) is 5.04. The monoisotopic (exact) mass is 168 g/mol. The second-order valence-corrected chi connectivity index (χ2v) is 2.79. The van der Waals surface area contributed by atoms with E-state index < -0.39 is 0 Å². The second-order valence-electron chi connectivity index (χ2n) is 2.79. The lowest BCUT2D eigenvalue weighted by molar-refractivity contribution is -0.155. The van der Waals surface area contributed by atoms with Gasteiger partial charge in [0.1, 0.15) is 0 Å². The molecule has 1 atom stereocenters. The lowest BCUT2D eigenvalue weighted by atomic mass is 10.2. The molecule has 0 amide bonds. The Hall–Kier alpha value is -0.600. The molecule has 1 heterocycles. The van der Waals surface area contributed by atoms with Gasteiger partial charge in [-0.25, -0.2) is 0 Å². The maximum Gasteiger partial charge on any atom is 0.157 e. The largest absolute Gasteiger partial charge is 0.353 e. The normalized spacial score (nSPS) is 24.5. The molecule has 0 saturated carbocycles. The third-order valence-corrected chi connectivity index (χ3v) is 1.79. The standard InChI is InChI=1S/C10H16O2/c1-2-3-5-8-11-10-7-4-6-9-12-10/h2-3,5,10H,1,4,6-9H2/b5-3+. The average molecular weight is 168 g/mol. The van der Waals surface area contributed by atoms with Crippen molar-refractivity contribution in [2.24, 2.45) is 0 Å². The Morgan fingerprint density at radius 3 is 3.08 bits per heavy atom. The predicted octanol–water partition coefficient (Wildman–Crippen LogP) is 2.27. The highest BCUT2D eigenvalue weighted by molar-refractivity contribution is 4.96. The Labute approximate surface area is 73.9 Å². The molecule has 0 aromatic heterocycles. The van der Waals surface area contributed by atoms with E-state index in [4.69, 9.17) is 9.47 Å². The van der Waals surface area contributed by atoms with Gasteiger partial charge >= 0.3 is 0 Å². The minimum absolute atomic E-state index is 0.0215. The van der Waals surface area contributed by atoms with Crippen LogP contribution in [-0.4, -0.2) is 19.5 Å². The minimum Gasteiger partial charge on any atom is -0.353 e. The van der Waals surface area contributed by atoms with Crippen molar-refractivity contribution in [1.29, 1.82) is 0 Å². The van der Waals surface area contributed by atoms with Crippen molar-refractivity contribution in [2.45, 2.75) is 25.6 Å². The van der Waals surface area contributed by atoms with E-state index in [1.165, 1.54) is 12.8 Å². The molecule has 2 nitrogen and oxygen atoms in total. The van der Waals surface area contributed by atoms with Crippen molar-refractivity contribution in [3.8, 4) is 0 Å². The van der Waals surface area contributed by atoms with Crippen molar-refractivity contribution < 1.29 is 9.47 Å². The Balaban J connectivity index is 2.05. The van der Waals surface area contributed by atoms with Gasteiger partial charge in [0.25, 0.3) is 0 Å². The maximum atomic E-state index is 5.43. The Kier molecular flexibility index (Phi) is 4.73. The van der Waals surface area contributed by atoms with Gasteiger partial charge in [-0.2, -0.15) is 0 Å². The van der Waals surface area contributed by atoms with Crippen LogP contribution in [0.4, 0.5) is 0 Å². The molecule has 0 aromatic rings. The third-order valence-electron chi connectivity index (χ3n) is 1.79. The van der Waals surface area contributed by atoms with E-state index in [9.17, 15) is 0 Å². The highest BCUT2D eigenvalue weighted by Crippen LogP contribution is 2.13. The van der Waals surface area contributed by atoms with Gasteiger partial charge in [0.05, 0.1) is 6.61 Å². The SMILES string of the molecule is C=C/C=C/COC1CCCCO1. The fourth-order valence-corrected chi connectivity index (χ4v) is 1.16. The van der Waals surface area contributed by atoms with Crippen LogP contribution in [0.1, 0.15) is 19.3 Å². The molecule has 0 spiro atoms. The van der Waals surface area contributed by atoms with Gasteiger partial charge in [-0.15, -0.1) is 0 Å². The summed E-state index contributed by atoms with van der Waals surface area (Å²) in [5.41, 5.74) is 0. The topological polar surface area (TPSA) is 18.5 Å². The number of ether oxygens (including phenoxy) is 2. The molecule has 1 aliphatic rings. The van der Waals surface area contributed by atoms with Crippen LogP contribution in [0, 0.1) is 0 Å². The zero-order valence-electron chi connectivity index (χ0n) is 7.37. The summed E-state index contributed by atoms with van der Waals surface area (Å²) in [5, 5.41) is 0. The van der Waals surface area contributed by atoms with Crippen LogP contribution in [0.25, 0.3) is 0 Å². The Morgan fingerprint density at radius 1 is 1.50 bits per heavy atom. The van der Waals surface area contributed by atoms with E-state index in [1.807, 2.05) is 12.2 Å². The van der Waals surface area contributed by atoms with Crippen molar-refractivity contribution in [3.63, 3.8) is 0 Å². The number of rotatable bonds is 4. The molecule has 12 heavy (non-hydrogen) atoms. The minimum atomic E-state index is 0.0215. The smallest absolute Gasteiger partial charge is 0.157 e. The first kappa shape index (κ1) is 9.49. The van der Waals surface area contributed by atoms with Gasteiger partial charge in [-0.1, -0.05) is 24.8 Å². The molecular weight excluding hydrogens is 152 g/mol. The summed E-state index contributed by atoms with van der Waals surface area (Å²) in [5.74, 6) is 0. The van der Waals surface area contributed by atoms with Crippen molar-refractivity contribution >= 4 is 0 Å². The predicted molar refractivity (Wildman–Crippen MR) is 48.9 cm³/mol. The molecular formula is C10H16O2. The van der Waals surface area contributed by atoms with Gasteiger partial charge in [-0.05, 0) is 19.3 Å². The summed E-state index contributed by atoms with van der Waals surface area (Å²) >= 11 is 0. The van der Waals surface area contributed by atoms with Crippen LogP contribution in [0.15, 0.2) is 24.8 Å². The van der Waals surface area contributed by atoms with Crippen molar-refractivity contribution in [3.05, 3.63) is 24.8 Å². The second kappa shape index (κ2) is 5.98. The zero-order chi connectivity index (χ0) is 8.65. The quantitative estimate of drug-likeness (QED) is 0.599. The number of allylic oxidation sites excluding steroid dienone is 2. The van der Waals surface area contributed by atoms with Gasteiger partial charge in [0.15, 0.2) is 6.29 Å². The summed E-state index contributed by atoms with van der Waals surface area (Å²) in [4.78, 5) is 0. The lowest BCUT2D eigenvalue weighted by Crippen LogP contribution is -2.22. The van der Waals surface area contributed by atoms with E-state index in [0.717, 1.165) is 13.0 Å². The third kappa shape index (κ3) is 3.69. The maximum absolute atomic E-state index is 5.43. The Bertz CT molecular complexity index is 146. The van der Waals surface area contributed by atoms with E-state index in [1.54, 1.807) is 6.08 Å². The Morgan fingerprint density at radius 2 is 2.42 bits per heavy atom. The van der Waals surface area contributed by atoms with Crippen LogP contribution < -0.4 is 0 Å². The molecule has 0 N–H and O–H groups in total. The van der Waals surface area contributed by atoms with Crippen LogP contribution >= 0.6 is 0 Å². The molecule has 68 valence electrons. The molecule has 0 bridgehead atoms. The fraction of sp³-hybridized carbons (Fsp3) is 0.600. The molecule has 1 unspecified atom stereocenters. The first-order valence-electron chi connectivity index (χ1n) is 4.44. The lowest BCUT2D eigenvalue weighted by Gasteiger charge is -2.21. The fourth-order valence-electron chi connectivity index (χ4n) is 1.16. The van der Waals surface area contributed by atoms with E-state index in [0.29, 0.717) is 6.61 Å². The molecule has 0 aromatic carbocycles. The summed E-state index contributed by atoms with van der Waals surface area (Å²) in [7, 11) is 0. The van der Waals surface area contributed by atoms with Crippen LogP contribution in [-0.2, 0) is 9.47 Å². The first-order valence-corrected chi connectivity index (χ1v) is 4.44. The molecule has 1 saturated heterocycles. The van der Waals surface area contributed by atoms with Gasteiger partial charge in [0, 0.05) is 6.61 Å². The molecule has 0 aliphatic carbocycles. The van der Waals surface area contributed by atoms with Gasteiger partial charge < -0.3 is 9.47 Å². The molecule has 2 heteroatoms. The summed E-state index contributed by atoms with van der Waals surface area (Å²) < 4.78 is 10.8. The van der Waals surface area contributed by atoms with E-state index in [2.05, 4.69) is 6.58 Å². The van der Waals surface area contributed by atoms with Crippen molar-refractivity contribution in [2.75, 3.05) is 13.2 Å².